The Kier molecular flexibility index (Phi) is 3.14. The molecule has 2 rings (SSSR count). The maximum Gasteiger partial charge on any atom is 0.220 e. The molecule has 1 aromatic rings. The van der Waals surface area contributed by atoms with Crippen LogP contribution in [0.1, 0.15) is 17.7 Å². The standard InChI is InChI=1S/C9H9BrClNOS/c10-7-4-6(14-9(7)11)3-5-1-2-8(13)12-5/h4-5H,1-3H2,(H,12,13). The van der Waals surface area contributed by atoms with Gasteiger partial charge in [0.1, 0.15) is 4.34 Å². The summed E-state index contributed by atoms with van der Waals surface area (Å²) in [5.41, 5.74) is 0. The van der Waals surface area contributed by atoms with Gasteiger partial charge in [-0.2, -0.15) is 0 Å². The van der Waals surface area contributed by atoms with E-state index in [1.54, 1.807) is 11.3 Å². The number of hydrogen-bond acceptors (Lipinski definition) is 2. The van der Waals surface area contributed by atoms with Crippen molar-refractivity contribution < 1.29 is 4.79 Å². The molecule has 1 N–H and O–H groups in total. The van der Waals surface area contributed by atoms with Gasteiger partial charge >= 0.3 is 0 Å². The third-order valence-corrected chi connectivity index (χ3v) is 4.73. The second kappa shape index (κ2) is 4.21. The van der Waals surface area contributed by atoms with Crippen LogP contribution in [-0.2, 0) is 11.2 Å². The van der Waals surface area contributed by atoms with E-state index >= 15 is 0 Å². The first kappa shape index (κ1) is 10.5. The molecule has 1 aliphatic rings. The van der Waals surface area contributed by atoms with E-state index in [1.807, 2.05) is 6.07 Å². The van der Waals surface area contributed by atoms with Gasteiger partial charge in [0.25, 0.3) is 0 Å². The minimum atomic E-state index is 0.164. The maximum atomic E-state index is 11.0. The number of rotatable bonds is 2. The lowest BCUT2D eigenvalue weighted by Crippen LogP contribution is -2.26. The number of carbonyl (C=O) groups excluding carboxylic acids is 1. The summed E-state index contributed by atoms with van der Waals surface area (Å²) in [6, 6.07) is 2.32. The van der Waals surface area contributed by atoms with E-state index in [1.165, 1.54) is 4.88 Å². The topological polar surface area (TPSA) is 29.1 Å². The van der Waals surface area contributed by atoms with Crippen LogP contribution in [0.4, 0.5) is 0 Å². The van der Waals surface area contributed by atoms with Crippen LogP contribution in [0, 0.1) is 0 Å². The van der Waals surface area contributed by atoms with Gasteiger partial charge in [0.15, 0.2) is 0 Å². The van der Waals surface area contributed by atoms with E-state index in [0.29, 0.717) is 12.5 Å². The molecule has 0 bridgehead atoms. The molecule has 0 saturated carbocycles. The summed E-state index contributed by atoms with van der Waals surface area (Å²) in [4.78, 5) is 12.2. The van der Waals surface area contributed by atoms with Crippen molar-refractivity contribution in [2.75, 3.05) is 0 Å². The molecular formula is C9H9BrClNOS. The van der Waals surface area contributed by atoms with Crippen molar-refractivity contribution in [3.8, 4) is 0 Å². The van der Waals surface area contributed by atoms with E-state index in [2.05, 4.69) is 21.2 Å². The normalized spacial score (nSPS) is 21.3. The van der Waals surface area contributed by atoms with Gasteiger partial charge in [-0.15, -0.1) is 11.3 Å². The Bertz CT molecular complexity index is 346. The zero-order chi connectivity index (χ0) is 10.1. The van der Waals surface area contributed by atoms with Crippen LogP contribution in [0.3, 0.4) is 0 Å². The molecule has 0 spiro atoms. The molecule has 1 atom stereocenters. The number of nitrogens with one attached hydrogen (secondary N) is 1. The summed E-state index contributed by atoms with van der Waals surface area (Å²) in [7, 11) is 0. The summed E-state index contributed by atoms with van der Waals surface area (Å²) in [5.74, 6) is 0.164. The highest BCUT2D eigenvalue weighted by Gasteiger charge is 2.21. The van der Waals surface area contributed by atoms with Crippen LogP contribution >= 0.6 is 38.9 Å². The van der Waals surface area contributed by atoms with Crippen molar-refractivity contribution in [3.63, 3.8) is 0 Å². The van der Waals surface area contributed by atoms with Crippen LogP contribution in [0.15, 0.2) is 10.5 Å². The molecule has 2 heterocycles. The zero-order valence-electron chi connectivity index (χ0n) is 7.35. The molecule has 2 nitrogen and oxygen atoms in total. The minimum Gasteiger partial charge on any atom is -0.353 e. The van der Waals surface area contributed by atoms with Crippen molar-refractivity contribution in [1.82, 2.24) is 5.32 Å². The Morgan fingerprint density at radius 1 is 1.71 bits per heavy atom. The molecule has 0 aromatic carbocycles. The van der Waals surface area contributed by atoms with E-state index < -0.39 is 0 Å². The number of amides is 1. The van der Waals surface area contributed by atoms with E-state index in [-0.39, 0.29) is 5.91 Å². The quantitative estimate of drug-likeness (QED) is 0.892. The molecule has 0 radical (unpaired) electrons. The summed E-state index contributed by atoms with van der Waals surface area (Å²) in [6.45, 7) is 0. The Morgan fingerprint density at radius 3 is 3.00 bits per heavy atom. The average molecular weight is 295 g/mol. The smallest absolute Gasteiger partial charge is 0.220 e. The second-order valence-corrected chi connectivity index (χ2v) is 5.93. The molecule has 1 fully saturated rings. The van der Waals surface area contributed by atoms with Gasteiger partial charge in [-0.05, 0) is 28.4 Å². The van der Waals surface area contributed by atoms with Gasteiger partial charge in [0.2, 0.25) is 5.91 Å². The third kappa shape index (κ3) is 2.30. The Hall–Kier alpha value is -0.0600. The van der Waals surface area contributed by atoms with Gasteiger partial charge in [-0.25, -0.2) is 0 Å². The van der Waals surface area contributed by atoms with E-state index in [4.69, 9.17) is 11.6 Å². The predicted molar refractivity (Wildman–Crippen MR) is 61.9 cm³/mol. The van der Waals surface area contributed by atoms with Gasteiger partial charge in [-0.1, -0.05) is 11.6 Å². The summed E-state index contributed by atoms with van der Waals surface area (Å²) < 4.78 is 1.73. The molecule has 1 aliphatic heterocycles. The third-order valence-electron chi connectivity index (χ3n) is 2.23. The molecule has 0 aliphatic carbocycles. The van der Waals surface area contributed by atoms with Crippen LogP contribution in [0.2, 0.25) is 4.34 Å². The van der Waals surface area contributed by atoms with Crippen molar-refractivity contribution in [2.24, 2.45) is 0 Å². The monoisotopic (exact) mass is 293 g/mol. The number of halogens is 2. The molecule has 1 unspecified atom stereocenters. The van der Waals surface area contributed by atoms with Crippen LogP contribution in [0.5, 0.6) is 0 Å². The largest absolute Gasteiger partial charge is 0.353 e. The Morgan fingerprint density at radius 2 is 2.50 bits per heavy atom. The molecule has 76 valence electrons. The summed E-state index contributed by atoms with van der Waals surface area (Å²) in [6.07, 6.45) is 2.48. The first-order valence-corrected chi connectivity index (χ1v) is 6.37. The first-order valence-electron chi connectivity index (χ1n) is 4.38. The molecule has 1 saturated heterocycles. The van der Waals surface area contributed by atoms with Crippen molar-refractivity contribution in [1.29, 1.82) is 0 Å². The highest BCUT2D eigenvalue weighted by Crippen LogP contribution is 2.33. The highest BCUT2D eigenvalue weighted by atomic mass is 79.9. The van der Waals surface area contributed by atoms with Gasteiger partial charge in [-0.3, -0.25) is 4.79 Å². The van der Waals surface area contributed by atoms with Gasteiger partial charge < -0.3 is 5.32 Å². The summed E-state index contributed by atoms with van der Waals surface area (Å²) >= 11 is 10.9. The second-order valence-electron chi connectivity index (χ2n) is 3.34. The molecule has 1 aromatic heterocycles. The average Bonchev–Trinajstić information content (AvgIpc) is 2.62. The molecule has 1 amide bonds. The first-order chi connectivity index (χ1) is 6.65. The zero-order valence-corrected chi connectivity index (χ0v) is 10.5. The molecular weight excluding hydrogens is 286 g/mol. The fourth-order valence-electron chi connectivity index (χ4n) is 1.57. The minimum absolute atomic E-state index is 0.164. The van der Waals surface area contributed by atoms with Crippen molar-refractivity contribution in [3.05, 3.63) is 19.8 Å². The van der Waals surface area contributed by atoms with E-state index in [0.717, 1.165) is 21.7 Å². The van der Waals surface area contributed by atoms with Crippen LogP contribution in [-0.4, -0.2) is 11.9 Å². The molecule has 5 heteroatoms. The lowest BCUT2D eigenvalue weighted by Gasteiger charge is -2.06. The SMILES string of the molecule is O=C1CCC(Cc2cc(Br)c(Cl)s2)N1. The van der Waals surface area contributed by atoms with Crippen molar-refractivity contribution >= 4 is 44.8 Å². The van der Waals surface area contributed by atoms with Crippen LogP contribution in [0.25, 0.3) is 0 Å². The fourth-order valence-corrected chi connectivity index (χ4v) is 3.44. The number of thiophene rings is 1. The fraction of sp³-hybridized carbons (Fsp3) is 0.444. The Labute approximate surface area is 99.8 Å². The lowest BCUT2D eigenvalue weighted by molar-refractivity contribution is -0.119. The highest BCUT2D eigenvalue weighted by molar-refractivity contribution is 9.10. The Balaban J connectivity index is 2.00. The van der Waals surface area contributed by atoms with Crippen LogP contribution < -0.4 is 5.32 Å². The predicted octanol–water partition coefficient (Wildman–Crippen LogP) is 2.99. The summed E-state index contributed by atoms with van der Waals surface area (Å²) in [5, 5.41) is 2.94. The van der Waals surface area contributed by atoms with Gasteiger partial charge in [0.05, 0.1) is 0 Å². The molecule has 14 heavy (non-hydrogen) atoms. The van der Waals surface area contributed by atoms with Crippen molar-refractivity contribution in [2.45, 2.75) is 25.3 Å². The van der Waals surface area contributed by atoms with Gasteiger partial charge in [0, 0.05) is 28.2 Å². The van der Waals surface area contributed by atoms with E-state index in [9.17, 15) is 4.79 Å². The number of carbonyl (C=O) groups is 1. The lowest BCUT2D eigenvalue weighted by atomic mass is 10.1. The number of hydrogen-bond donors (Lipinski definition) is 1. The maximum absolute atomic E-state index is 11.0.